The highest BCUT2D eigenvalue weighted by atomic mass is 16.5. The van der Waals surface area contributed by atoms with Gasteiger partial charge < -0.3 is 24.1 Å². The molecule has 28 heavy (non-hydrogen) atoms. The zero-order valence-electron chi connectivity index (χ0n) is 16.1. The summed E-state index contributed by atoms with van der Waals surface area (Å²) < 4.78 is 21.1. The lowest BCUT2D eigenvalue weighted by Gasteiger charge is -2.22. The molecule has 0 aromatic heterocycles. The van der Waals surface area contributed by atoms with Crippen molar-refractivity contribution in [2.24, 2.45) is 5.10 Å². The minimum absolute atomic E-state index is 0.161. The maximum absolute atomic E-state index is 12.3. The van der Waals surface area contributed by atoms with Gasteiger partial charge in [-0.15, -0.1) is 0 Å². The van der Waals surface area contributed by atoms with Crippen LogP contribution in [0, 0.1) is 0 Å². The Bertz CT molecular complexity index is 869. The molecule has 0 saturated carbocycles. The van der Waals surface area contributed by atoms with Crippen molar-refractivity contribution >= 4 is 11.8 Å². The topological polar surface area (TPSA) is 89.8 Å². The number of amides is 1. The maximum Gasteiger partial charge on any atom is 0.430 e. The van der Waals surface area contributed by atoms with Crippen LogP contribution in [0.2, 0.25) is 0 Å². The van der Waals surface area contributed by atoms with Crippen LogP contribution in [0.15, 0.2) is 41.5 Å². The number of methoxy groups -OCH3 is 4. The average molecular weight is 386 g/mol. The van der Waals surface area contributed by atoms with E-state index in [9.17, 15) is 9.90 Å². The predicted molar refractivity (Wildman–Crippen MR) is 102 cm³/mol. The van der Waals surface area contributed by atoms with Gasteiger partial charge in [-0.05, 0) is 47.5 Å². The number of carbonyl (C=O) groups is 1. The highest BCUT2D eigenvalue weighted by Gasteiger charge is 2.35. The fourth-order valence-electron chi connectivity index (χ4n) is 3.15. The number of hydrogen-bond donors (Lipinski definition) is 1. The van der Waals surface area contributed by atoms with Crippen LogP contribution in [0.1, 0.15) is 23.6 Å². The van der Waals surface area contributed by atoms with Gasteiger partial charge in [0.2, 0.25) is 5.75 Å². The van der Waals surface area contributed by atoms with Crippen molar-refractivity contribution in [3.8, 4) is 23.0 Å². The Morgan fingerprint density at radius 1 is 1.04 bits per heavy atom. The van der Waals surface area contributed by atoms with Gasteiger partial charge in [-0.1, -0.05) is 0 Å². The van der Waals surface area contributed by atoms with Gasteiger partial charge in [-0.25, -0.2) is 4.79 Å². The molecule has 1 aliphatic heterocycles. The lowest BCUT2D eigenvalue weighted by molar-refractivity contribution is 0.113. The summed E-state index contributed by atoms with van der Waals surface area (Å²) in [5.41, 5.74) is 2.27. The Morgan fingerprint density at radius 2 is 1.64 bits per heavy atom. The predicted octanol–water partition coefficient (Wildman–Crippen LogP) is 3.34. The van der Waals surface area contributed by atoms with Crippen LogP contribution in [-0.2, 0) is 4.74 Å². The lowest BCUT2D eigenvalue weighted by atomic mass is 9.98. The zero-order chi connectivity index (χ0) is 20.3. The highest BCUT2D eigenvalue weighted by molar-refractivity contribution is 6.03. The maximum atomic E-state index is 12.3. The van der Waals surface area contributed by atoms with Gasteiger partial charge in [0.25, 0.3) is 0 Å². The first-order valence-electron chi connectivity index (χ1n) is 8.56. The number of aromatic hydroxyl groups is 1. The summed E-state index contributed by atoms with van der Waals surface area (Å²) in [5.74, 6) is 1.60. The van der Waals surface area contributed by atoms with Crippen LogP contribution in [0.5, 0.6) is 23.0 Å². The normalized spacial score (nSPS) is 15.8. The molecule has 0 saturated heterocycles. The van der Waals surface area contributed by atoms with Crippen LogP contribution in [0.3, 0.4) is 0 Å². The van der Waals surface area contributed by atoms with Gasteiger partial charge in [0.15, 0.2) is 11.5 Å². The summed E-state index contributed by atoms with van der Waals surface area (Å²) in [4.78, 5) is 12.3. The first kappa shape index (κ1) is 19.3. The third-order valence-electron chi connectivity index (χ3n) is 4.54. The van der Waals surface area contributed by atoms with Gasteiger partial charge in [0.1, 0.15) is 5.75 Å². The Hall–Kier alpha value is -3.42. The van der Waals surface area contributed by atoms with E-state index in [4.69, 9.17) is 18.9 Å². The second-order valence-electron chi connectivity index (χ2n) is 6.09. The molecule has 0 fully saturated rings. The molecule has 0 aliphatic carbocycles. The van der Waals surface area contributed by atoms with Crippen molar-refractivity contribution < 1.29 is 28.8 Å². The Labute approximate surface area is 162 Å². The molecule has 8 nitrogen and oxygen atoms in total. The summed E-state index contributed by atoms with van der Waals surface area (Å²) >= 11 is 0. The fourth-order valence-corrected chi connectivity index (χ4v) is 3.15. The number of carbonyl (C=O) groups excluding carboxylic acids is 1. The SMILES string of the molecule is COC(=O)N1N=C(c2ccc(O)cc2)CC1c1cc(OC)c(OC)c(OC)c1. The monoisotopic (exact) mass is 386 g/mol. The number of nitrogens with zero attached hydrogens (tertiary/aromatic N) is 2. The molecule has 0 spiro atoms. The largest absolute Gasteiger partial charge is 0.508 e. The van der Waals surface area contributed by atoms with Crippen molar-refractivity contribution in [1.29, 1.82) is 0 Å². The molecule has 2 aromatic rings. The van der Waals surface area contributed by atoms with Crippen molar-refractivity contribution in [2.45, 2.75) is 12.5 Å². The molecule has 1 heterocycles. The van der Waals surface area contributed by atoms with Gasteiger partial charge >= 0.3 is 6.09 Å². The third-order valence-corrected chi connectivity index (χ3v) is 4.54. The van der Waals surface area contributed by atoms with E-state index in [1.807, 2.05) is 0 Å². The van der Waals surface area contributed by atoms with Gasteiger partial charge in [0.05, 0.1) is 40.2 Å². The van der Waals surface area contributed by atoms with Crippen LogP contribution in [0.4, 0.5) is 4.79 Å². The van der Waals surface area contributed by atoms with E-state index in [0.717, 1.165) is 11.1 Å². The van der Waals surface area contributed by atoms with E-state index in [1.165, 1.54) is 33.4 Å². The molecular weight excluding hydrogens is 364 g/mol. The van der Waals surface area contributed by atoms with E-state index in [-0.39, 0.29) is 5.75 Å². The fraction of sp³-hybridized carbons (Fsp3) is 0.300. The number of phenols is 1. The summed E-state index contributed by atoms with van der Waals surface area (Å²) in [5, 5.41) is 15.3. The quantitative estimate of drug-likeness (QED) is 0.848. The number of hydrogen-bond acceptors (Lipinski definition) is 7. The molecule has 1 unspecified atom stereocenters. The van der Waals surface area contributed by atoms with Gasteiger partial charge in [-0.2, -0.15) is 10.1 Å². The first-order chi connectivity index (χ1) is 13.5. The van der Waals surface area contributed by atoms with E-state index in [0.29, 0.717) is 29.4 Å². The molecule has 8 heteroatoms. The molecule has 1 atom stereocenters. The minimum Gasteiger partial charge on any atom is -0.508 e. The molecule has 1 N–H and O–H groups in total. The van der Waals surface area contributed by atoms with Crippen LogP contribution in [0.25, 0.3) is 0 Å². The molecule has 0 radical (unpaired) electrons. The smallest absolute Gasteiger partial charge is 0.430 e. The van der Waals surface area contributed by atoms with Gasteiger partial charge in [-0.3, -0.25) is 0 Å². The van der Waals surface area contributed by atoms with E-state index in [1.54, 1.807) is 36.4 Å². The van der Waals surface area contributed by atoms with E-state index in [2.05, 4.69) is 5.10 Å². The number of rotatable bonds is 5. The second-order valence-corrected chi connectivity index (χ2v) is 6.09. The summed E-state index contributed by atoms with van der Waals surface area (Å²) in [6.07, 6.45) is -0.120. The average Bonchev–Trinajstić information content (AvgIpc) is 3.17. The second kappa shape index (κ2) is 8.08. The van der Waals surface area contributed by atoms with Crippen molar-refractivity contribution in [3.05, 3.63) is 47.5 Å². The molecule has 2 aromatic carbocycles. The number of phenolic OH excluding ortho intramolecular Hbond substituents is 1. The summed E-state index contributed by atoms with van der Waals surface area (Å²) in [7, 11) is 5.91. The summed E-state index contributed by atoms with van der Waals surface area (Å²) in [6.45, 7) is 0. The molecule has 3 rings (SSSR count). The van der Waals surface area contributed by atoms with Crippen LogP contribution >= 0.6 is 0 Å². The third kappa shape index (κ3) is 3.53. The first-order valence-corrected chi connectivity index (χ1v) is 8.56. The molecule has 1 amide bonds. The van der Waals surface area contributed by atoms with E-state index < -0.39 is 12.1 Å². The molecule has 1 aliphatic rings. The van der Waals surface area contributed by atoms with Crippen LogP contribution < -0.4 is 14.2 Å². The number of hydrazone groups is 1. The Morgan fingerprint density at radius 3 is 2.14 bits per heavy atom. The minimum atomic E-state index is -0.576. The van der Waals surface area contributed by atoms with E-state index >= 15 is 0 Å². The van der Waals surface area contributed by atoms with Crippen molar-refractivity contribution in [3.63, 3.8) is 0 Å². The standard InChI is InChI=1S/C20H22N2O6/c1-25-17-9-13(10-18(26-2)19(17)27-3)16-11-15(21-22(16)20(24)28-4)12-5-7-14(23)8-6-12/h5-10,16,23H,11H2,1-4H3. The molecular formula is C20H22N2O6. The zero-order valence-corrected chi connectivity index (χ0v) is 16.1. The molecule has 148 valence electrons. The molecule has 0 bridgehead atoms. The Kier molecular flexibility index (Phi) is 5.58. The summed E-state index contributed by atoms with van der Waals surface area (Å²) in [6, 6.07) is 9.82. The van der Waals surface area contributed by atoms with Gasteiger partial charge in [0, 0.05) is 6.42 Å². The number of ether oxygens (including phenoxy) is 4. The highest BCUT2D eigenvalue weighted by Crippen LogP contribution is 2.43. The van der Waals surface area contributed by atoms with Crippen LogP contribution in [-0.4, -0.2) is 50.4 Å². The lowest BCUT2D eigenvalue weighted by Crippen LogP contribution is -2.26. The van der Waals surface area contributed by atoms with Crippen molar-refractivity contribution in [1.82, 2.24) is 5.01 Å². The number of benzene rings is 2. The Balaban J connectivity index is 2.03. The van der Waals surface area contributed by atoms with Crippen molar-refractivity contribution in [2.75, 3.05) is 28.4 Å².